The fourth-order valence-electron chi connectivity index (χ4n) is 2.97. The summed E-state index contributed by atoms with van der Waals surface area (Å²) in [6.45, 7) is 1.98. The van der Waals surface area contributed by atoms with Gasteiger partial charge in [0.05, 0.1) is 17.3 Å². The molecule has 6 nitrogen and oxygen atoms in total. The molecule has 0 aliphatic heterocycles. The summed E-state index contributed by atoms with van der Waals surface area (Å²) in [4.78, 5) is 23.6. The van der Waals surface area contributed by atoms with Crippen LogP contribution in [0.25, 0.3) is 5.70 Å². The van der Waals surface area contributed by atoms with Gasteiger partial charge in [0.2, 0.25) is 0 Å². The van der Waals surface area contributed by atoms with E-state index in [9.17, 15) is 14.0 Å². The molecule has 0 spiro atoms. The normalized spacial score (nSPS) is 10.6. The summed E-state index contributed by atoms with van der Waals surface area (Å²) in [6, 6.07) is 16.3. The first-order chi connectivity index (χ1) is 15.9. The molecule has 0 aliphatic carbocycles. The van der Waals surface area contributed by atoms with Gasteiger partial charge >= 0.3 is 0 Å². The first kappa shape index (κ1) is 25.6. The summed E-state index contributed by atoms with van der Waals surface area (Å²) in [7, 11) is 1.50. The molecule has 3 aromatic rings. The molecule has 0 heterocycles. The quantitative estimate of drug-likeness (QED) is 0.222. The molecule has 8 heteroatoms. The number of rotatable bonds is 8. The summed E-state index contributed by atoms with van der Waals surface area (Å²) >= 11 is 6.40. The van der Waals surface area contributed by atoms with E-state index in [1.165, 1.54) is 25.4 Å². The van der Waals surface area contributed by atoms with Crippen LogP contribution in [0.4, 0.5) is 15.8 Å². The zero-order chi connectivity index (χ0) is 24.4. The predicted molar refractivity (Wildman–Crippen MR) is 132 cm³/mol. The molecule has 172 valence electrons. The average Bonchev–Trinajstić information content (AvgIpc) is 2.82. The smallest absolute Gasteiger partial charge is 0.194 e. The summed E-state index contributed by atoms with van der Waals surface area (Å²) in [6.07, 6.45) is 2.25. The molecule has 0 aromatic heterocycles. The van der Waals surface area contributed by atoms with Gasteiger partial charge in [0.1, 0.15) is 12.1 Å². The zero-order valence-electron chi connectivity index (χ0n) is 18.4. The molecule has 0 fully saturated rings. The molecule has 33 heavy (non-hydrogen) atoms. The molecular weight excluding hydrogens is 443 g/mol. The van der Waals surface area contributed by atoms with Crippen LogP contribution in [0.1, 0.15) is 27.0 Å². The van der Waals surface area contributed by atoms with E-state index in [2.05, 4.69) is 16.4 Å². The topological polar surface area (TPSA) is 110 Å². The molecule has 0 saturated carbocycles. The molecule has 0 atom stereocenters. The number of aryl methyl sites for hydroxylation is 1. The Morgan fingerprint density at radius 2 is 1.67 bits per heavy atom. The van der Waals surface area contributed by atoms with Crippen molar-refractivity contribution in [3.8, 4) is 0 Å². The van der Waals surface area contributed by atoms with E-state index >= 15 is 0 Å². The van der Waals surface area contributed by atoms with Crippen LogP contribution in [0.2, 0.25) is 5.02 Å². The van der Waals surface area contributed by atoms with Crippen molar-refractivity contribution < 1.29 is 14.0 Å². The minimum atomic E-state index is -0.322. The maximum absolute atomic E-state index is 13.2. The van der Waals surface area contributed by atoms with Crippen LogP contribution in [0, 0.1) is 12.7 Å². The maximum Gasteiger partial charge on any atom is 0.194 e. The minimum Gasteiger partial charge on any atom is -0.397 e. The third kappa shape index (κ3) is 6.90. The van der Waals surface area contributed by atoms with Crippen molar-refractivity contribution >= 4 is 40.7 Å². The van der Waals surface area contributed by atoms with Gasteiger partial charge in [0.15, 0.2) is 5.78 Å². The number of hydrogen-bond acceptors (Lipinski definition) is 6. The number of carbonyl (C=O) groups excluding carboxylic acids is 2. The van der Waals surface area contributed by atoms with Gasteiger partial charge in [-0.3, -0.25) is 4.79 Å². The van der Waals surface area contributed by atoms with E-state index < -0.39 is 0 Å². The number of nitrogens with one attached hydrogen (secondary N) is 2. The van der Waals surface area contributed by atoms with Crippen molar-refractivity contribution in [2.24, 2.45) is 11.5 Å². The van der Waals surface area contributed by atoms with Crippen molar-refractivity contribution in [3.05, 3.63) is 100.0 Å². The Morgan fingerprint density at radius 3 is 2.30 bits per heavy atom. The number of anilines is 2. The second-order valence-electron chi connectivity index (χ2n) is 6.86. The highest BCUT2D eigenvalue weighted by molar-refractivity contribution is 6.35. The lowest BCUT2D eigenvalue weighted by molar-refractivity contribution is -0.107. The molecule has 6 N–H and O–H groups in total. The molecular formula is C25H26ClFN4O2. The van der Waals surface area contributed by atoms with Gasteiger partial charge < -0.3 is 26.9 Å². The summed E-state index contributed by atoms with van der Waals surface area (Å²) in [5, 5.41) is 6.19. The Morgan fingerprint density at radius 1 is 1.00 bits per heavy atom. The Balaban J connectivity index is 0.00000187. The Kier molecular flexibility index (Phi) is 9.60. The van der Waals surface area contributed by atoms with Crippen LogP contribution in [-0.2, 0) is 4.79 Å². The Hall–Kier alpha value is -3.68. The number of benzene rings is 3. The lowest BCUT2D eigenvalue weighted by Crippen LogP contribution is -2.12. The molecule has 0 amide bonds. The molecule has 0 aliphatic rings. The average molecular weight is 469 g/mol. The van der Waals surface area contributed by atoms with E-state index in [-0.39, 0.29) is 23.2 Å². The van der Waals surface area contributed by atoms with E-state index in [1.54, 1.807) is 48.5 Å². The first-order valence-corrected chi connectivity index (χ1v) is 10.4. The van der Waals surface area contributed by atoms with Crippen LogP contribution >= 0.6 is 11.6 Å². The highest BCUT2D eigenvalue weighted by Crippen LogP contribution is 2.27. The minimum absolute atomic E-state index is 0.145. The Bertz CT molecular complexity index is 1150. The lowest BCUT2D eigenvalue weighted by atomic mass is 9.96. The molecule has 0 unspecified atom stereocenters. The summed E-state index contributed by atoms with van der Waals surface area (Å²) in [5.74, 6) is -0.552. The van der Waals surface area contributed by atoms with Crippen molar-refractivity contribution in [3.63, 3.8) is 0 Å². The SMILES string of the molecule is CN.Cc1ccc(/C(N)=C/NCC=O)cc1C(=O)c1ccc(Nc2ccc(F)cc2)cc1Cl. The number of halogens is 2. The third-order valence-corrected chi connectivity index (χ3v) is 4.93. The van der Waals surface area contributed by atoms with Crippen molar-refractivity contribution in [2.75, 3.05) is 18.9 Å². The van der Waals surface area contributed by atoms with Crippen LogP contribution in [-0.4, -0.2) is 25.7 Å². The Labute approximate surface area is 197 Å². The second-order valence-corrected chi connectivity index (χ2v) is 7.27. The monoisotopic (exact) mass is 468 g/mol. The van der Waals surface area contributed by atoms with Crippen molar-refractivity contribution in [2.45, 2.75) is 6.92 Å². The fraction of sp³-hybridized carbons (Fsp3) is 0.120. The molecule has 0 radical (unpaired) electrons. The number of ketones is 1. The summed E-state index contributed by atoms with van der Waals surface area (Å²) in [5.41, 5.74) is 14.6. The standard InChI is InChI=1S/C24H21ClFN3O2.CH5N/c1-15-2-3-16(23(27)14-28-10-11-30)12-21(15)24(31)20-9-8-19(13-22(20)25)29-18-6-4-17(26)5-7-18;1-2/h2-9,11-14,28-29H,10,27H2,1H3;2H2,1H3/b23-14-;. The predicted octanol–water partition coefficient (Wildman–Crippen LogP) is 4.38. The van der Waals surface area contributed by atoms with E-state index in [0.29, 0.717) is 33.8 Å². The first-order valence-electron chi connectivity index (χ1n) is 10.1. The summed E-state index contributed by atoms with van der Waals surface area (Å²) < 4.78 is 13.1. The zero-order valence-corrected chi connectivity index (χ0v) is 19.1. The van der Waals surface area contributed by atoms with Gasteiger partial charge in [-0.2, -0.15) is 0 Å². The van der Waals surface area contributed by atoms with Crippen molar-refractivity contribution in [1.29, 1.82) is 0 Å². The van der Waals surface area contributed by atoms with Gasteiger partial charge in [-0.1, -0.05) is 23.7 Å². The number of aldehydes is 1. The van der Waals surface area contributed by atoms with Gasteiger partial charge in [-0.15, -0.1) is 0 Å². The second kappa shape index (κ2) is 12.4. The lowest BCUT2D eigenvalue weighted by Gasteiger charge is -2.12. The van der Waals surface area contributed by atoms with Crippen molar-refractivity contribution in [1.82, 2.24) is 5.32 Å². The van der Waals surface area contributed by atoms with Crippen LogP contribution in [0.5, 0.6) is 0 Å². The molecule has 0 saturated heterocycles. The van der Waals surface area contributed by atoms with Crippen LogP contribution in [0.15, 0.2) is 66.9 Å². The highest BCUT2D eigenvalue weighted by atomic mass is 35.5. The third-order valence-electron chi connectivity index (χ3n) is 4.62. The number of carbonyl (C=O) groups is 2. The molecule has 0 bridgehead atoms. The highest BCUT2D eigenvalue weighted by Gasteiger charge is 2.16. The van der Waals surface area contributed by atoms with Crippen LogP contribution < -0.4 is 22.1 Å². The van der Waals surface area contributed by atoms with E-state index in [1.807, 2.05) is 6.92 Å². The number of hydrogen-bond donors (Lipinski definition) is 4. The van der Waals surface area contributed by atoms with E-state index in [4.69, 9.17) is 17.3 Å². The molecule has 3 rings (SSSR count). The molecule has 3 aromatic carbocycles. The number of nitrogens with two attached hydrogens (primary N) is 2. The van der Waals surface area contributed by atoms with E-state index in [0.717, 1.165) is 11.8 Å². The largest absolute Gasteiger partial charge is 0.397 e. The fourth-order valence-corrected chi connectivity index (χ4v) is 3.23. The van der Waals surface area contributed by atoms with Crippen LogP contribution in [0.3, 0.4) is 0 Å². The van der Waals surface area contributed by atoms with Gasteiger partial charge in [-0.05, 0) is 73.6 Å². The maximum atomic E-state index is 13.2. The van der Waals surface area contributed by atoms with Gasteiger partial charge in [-0.25, -0.2) is 4.39 Å². The van der Waals surface area contributed by atoms with Gasteiger partial charge in [0.25, 0.3) is 0 Å². The van der Waals surface area contributed by atoms with Gasteiger partial charge in [0, 0.05) is 28.7 Å².